The molecule has 0 aromatic heterocycles. The number of likely N-dealkylation sites (tertiary alicyclic amines) is 1. The van der Waals surface area contributed by atoms with Crippen molar-refractivity contribution >= 4 is 5.91 Å². The van der Waals surface area contributed by atoms with Gasteiger partial charge in [0.1, 0.15) is 5.54 Å². The van der Waals surface area contributed by atoms with Crippen molar-refractivity contribution in [2.24, 2.45) is 11.5 Å². The van der Waals surface area contributed by atoms with E-state index in [9.17, 15) is 4.79 Å². The van der Waals surface area contributed by atoms with E-state index in [-0.39, 0.29) is 5.91 Å². The lowest BCUT2D eigenvalue weighted by atomic mass is 9.97. The van der Waals surface area contributed by atoms with Gasteiger partial charge in [-0.2, -0.15) is 0 Å². The minimum absolute atomic E-state index is 0.359. The summed E-state index contributed by atoms with van der Waals surface area (Å²) in [5.41, 5.74) is 10.4. The number of amides is 1. The van der Waals surface area contributed by atoms with Gasteiger partial charge in [0.2, 0.25) is 5.91 Å². The van der Waals surface area contributed by atoms with Crippen molar-refractivity contribution < 1.29 is 4.79 Å². The van der Waals surface area contributed by atoms with Crippen molar-refractivity contribution in [3.05, 3.63) is 0 Å². The van der Waals surface area contributed by atoms with E-state index in [0.29, 0.717) is 25.0 Å². The summed E-state index contributed by atoms with van der Waals surface area (Å²) in [6.07, 6.45) is 3.21. The lowest BCUT2D eigenvalue weighted by molar-refractivity contribution is -0.122. The molecule has 2 unspecified atom stereocenters. The summed E-state index contributed by atoms with van der Waals surface area (Å²) < 4.78 is 0. The number of nitrogens with zero attached hydrogens (tertiary/aromatic N) is 1. The van der Waals surface area contributed by atoms with Gasteiger partial charge in [0, 0.05) is 18.6 Å². The molecule has 1 heterocycles. The Hall–Kier alpha value is -0.610. The molecule has 1 saturated carbocycles. The Bertz CT molecular complexity index is 239. The Morgan fingerprint density at radius 3 is 2.54 bits per heavy atom. The average molecular weight is 183 g/mol. The summed E-state index contributed by atoms with van der Waals surface area (Å²) in [4.78, 5) is 13.5. The molecule has 0 bridgehead atoms. The molecule has 0 spiro atoms. The zero-order chi connectivity index (χ0) is 9.64. The molecule has 74 valence electrons. The van der Waals surface area contributed by atoms with E-state index in [1.807, 2.05) is 0 Å². The second-order valence-corrected chi connectivity index (χ2v) is 4.48. The molecule has 13 heavy (non-hydrogen) atoms. The van der Waals surface area contributed by atoms with Gasteiger partial charge < -0.3 is 11.5 Å². The van der Waals surface area contributed by atoms with E-state index in [2.05, 4.69) is 11.8 Å². The Balaban J connectivity index is 2.08. The van der Waals surface area contributed by atoms with Crippen LogP contribution in [0.1, 0.15) is 26.2 Å². The predicted octanol–water partition coefficient (Wildman–Crippen LogP) is -0.574. The number of hydrogen-bond acceptors (Lipinski definition) is 3. The fourth-order valence-electron chi connectivity index (χ4n) is 2.26. The van der Waals surface area contributed by atoms with Crippen LogP contribution in [-0.4, -0.2) is 35.0 Å². The highest BCUT2D eigenvalue weighted by molar-refractivity contribution is 5.85. The highest BCUT2D eigenvalue weighted by atomic mass is 16.1. The SMILES string of the molecule is CC1CC(N)(C(N)=O)CN1C1CC1. The molecular weight excluding hydrogens is 166 g/mol. The highest BCUT2D eigenvalue weighted by Gasteiger charge is 2.47. The fraction of sp³-hybridized carbons (Fsp3) is 0.889. The zero-order valence-corrected chi connectivity index (χ0v) is 7.99. The molecule has 0 aromatic rings. The van der Waals surface area contributed by atoms with Crippen LogP contribution in [0.3, 0.4) is 0 Å². The number of primary amides is 1. The largest absolute Gasteiger partial charge is 0.368 e. The van der Waals surface area contributed by atoms with Crippen LogP contribution in [0.15, 0.2) is 0 Å². The molecule has 0 aromatic carbocycles. The maximum atomic E-state index is 11.1. The first-order valence-electron chi connectivity index (χ1n) is 4.87. The van der Waals surface area contributed by atoms with Crippen molar-refractivity contribution in [2.45, 2.75) is 43.8 Å². The smallest absolute Gasteiger partial charge is 0.238 e. The Labute approximate surface area is 78.2 Å². The van der Waals surface area contributed by atoms with Gasteiger partial charge in [-0.1, -0.05) is 0 Å². The second-order valence-electron chi connectivity index (χ2n) is 4.48. The Morgan fingerprint density at radius 1 is 1.54 bits per heavy atom. The predicted molar refractivity (Wildman–Crippen MR) is 49.9 cm³/mol. The standard InChI is InChI=1S/C9H17N3O/c1-6-4-9(11,8(10)13)5-12(6)7-2-3-7/h6-7H,2-5,11H2,1H3,(H2,10,13). The number of rotatable bonds is 2. The normalized spacial score (nSPS) is 40.9. The number of carbonyl (C=O) groups excluding carboxylic acids is 1. The maximum absolute atomic E-state index is 11.1. The second kappa shape index (κ2) is 2.69. The van der Waals surface area contributed by atoms with Crippen LogP contribution in [-0.2, 0) is 4.79 Å². The van der Waals surface area contributed by atoms with Crippen molar-refractivity contribution in [1.82, 2.24) is 4.90 Å². The van der Waals surface area contributed by atoms with Crippen LogP contribution in [0.2, 0.25) is 0 Å². The maximum Gasteiger partial charge on any atom is 0.238 e. The molecule has 2 atom stereocenters. The van der Waals surface area contributed by atoms with Crippen LogP contribution in [0.5, 0.6) is 0 Å². The van der Waals surface area contributed by atoms with Gasteiger partial charge in [0.15, 0.2) is 0 Å². The third kappa shape index (κ3) is 1.44. The summed E-state index contributed by atoms with van der Waals surface area (Å²) in [6.45, 7) is 2.77. The van der Waals surface area contributed by atoms with Gasteiger partial charge >= 0.3 is 0 Å². The van der Waals surface area contributed by atoms with Crippen LogP contribution < -0.4 is 11.5 Å². The molecular formula is C9H17N3O. The fourth-order valence-corrected chi connectivity index (χ4v) is 2.26. The van der Waals surface area contributed by atoms with Crippen molar-refractivity contribution in [1.29, 1.82) is 0 Å². The van der Waals surface area contributed by atoms with Gasteiger partial charge in [0.05, 0.1) is 0 Å². The van der Waals surface area contributed by atoms with Gasteiger partial charge in [-0.05, 0) is 26.2 Å². The van der Waals surface area contributed by atoms with Crippen molar-refractivity contribution in [3.63, 3.8) is 0 Å². The van der Waals surface area contributed by atoms with Crippen molar-refractivity contribution in [3.8, 4) is 0 Å². The van der Waals surface area contributed by atoms with Gasteiger partial charge in [0.25, 0.3) is 0 Å². The summed E-state index contributed by atoms with van der Waals surface area (Å²) in [5.74, 6) is -0.359. The van der Waals surface area contributed by atoms with Crippen LogP contribution in [0.4, 0.5) is 0 Å². The quantitative estimate of drug-likeness (QED) is 0.602. The molecule has 4 nitrogen and oxygen atoms in total. The van der Waals surface area contributed by atoms with Gasteiger partial charge in [-0.25, -0.2) is 0 Å². The van der Waals surface area contributed by atoms with Crippen molar-refractivity contribution in [2.75, 3.05) is 6.54 Å². The Morgan fingerprint density at radius 2 is 2.15 bits per heavy atom. The third-order valence-corrected chi connectivity index (χ3v) is 3.20. The zero-order valence-electron chi connectivity index (χ0n) is 7.99. The first kappa shape index (κ1) is 8.97. The van der Waals surface area contributed by atoms with E-state index in [0.717, 1.165) is 0 Å². The third-order valence-electron chi connectivity index (χ3n) is 3.20. The number of carbonyl (C=O) groups is 1. The number of hydrogen-bond donors (Lipinski definition) is 2. The van der Waals surface area contributed by atoms with E-state index >= 15 is 0 Å². The van der Waals surface area contributed by atoms with Gasteiger partial charge in [-0.15, -0.1) is 0 Å². The number of nitrogens with two attached hydrogens (primary N) is 2. The topological polar surface area (TPSA) is 72.3 Å². The van der Waals surface area contributed by atoms with E-state index < -0.39 is 5.54 Å². The average Bonchev–Trinajstić information content (AvgIpc) is 2.79. The molecule has 1 aliphatic heterocycles. The molecule has 4 heteroatoms. The summed E-state index contributed by atoms with van der Waals surface area (Å²) in [6, 6.07) is 1.07. The monoisotopic (exact) mass is 183 g/mol. The lowest BCUT2D eigenvalue weighted by Crippen LogP contribution is -2.53. The summed E-state index contributed by atoms with van der Waals surface area (Å²) in [5, 5.41) is 0. The van der Waals surface area contributed by atoms with Crippen LogP contribution in [0.25, 0.3) is 0 Å². The minimum Gasteiger partial charge on any atom is -0.368 e. The molecule has 4 N–H and O–H groups in total. The van der Waals surface area contributed by atoms with Crippen LogP contribution in [0, 0.1) is 0 Å². The summed E-state index contributed by atoms with van der Waals surface area (Å²) >= 11 is 0. The molecule has 0 radical (unpaired) electrons. The molecule has 1 amide bonds. The molecule has 1 aliphatic carbocycles. The minimum atomic E-state index is -0.776. The first-order chi connectivity index (χ1) is 6.03. The van der Waals surface area contributed by atoms with Crippen LogP contribution >= 0.6 is 0 Å². The molecule has 2 aliphatic rings. The lowest BCUT2D eigenvalue weighted by Gasteiger charge is -2.21. The molecule has 2 fully saturated rings. The van der Waals surface area contributed by atoms with E-state index in [4.69, 9.17) is 11.5 Å². The van der Waals surface area contributed by atoms with E-state index in [1.165, 1.54) is 12.8 Å². The van der Waals surface area contributed by atoms with Gasteiger partial charge in [-0.3, -0.25) is 9.69 Å². The van der Waals surface area contributed by atoms with E-state index in [1.54, 1.807) is 0 Å². The molecule has 2 rings (SSSR count). The highest BCUT2D eigenvalue weighted by Crippen LogP contribution is 2.35. The first-order valence-corrected chi connectivity index (χ1v) is 4.87. The molecule has 1 saturated heterocycles. The summed E-state index contributed by atoms with van der Waals surface area (Å²) in [7, 11) is 0. The Kier molecular flexibility index (Phi) is 1.85.